The van der Waals surface area contributed by atoms with Crippen molar-refractivity contribution in [2.45, 2.75) is 103 Å². The molecule has 0 saturated carbocycles. The molecule has 3 aliphatic heterocycles. The van der Waals surface area contributed by atoms with Gasteiger partial charge in [0.15, 0.2) is 10.9 Å². The average molecular weight is 1080 g/mol. The molecule has 0 bridgehead atoms. The highest BCUT2D eigenvalue weighted by Crippen LogP contribution is 2.42. The van der Waals surface area contributed by atoms with Crippen LogP contribution < -0.4 is 20.4 Å². The number of aliphatic hydroxyl groups excluding tert-OH is 1. The van der Waals surface area contributed by atoms with E-state index in [9.17, 15) is 42.7 Å². The predicted octanol–water partition coefficient (Wildman–Crippen LogP) is 7.59. The maximum atomic E-state index is 15.5. The van der Waals surface area contributed by atoms with Crippen molar-refractivity contribution in [2.75, 3.05) is 42.5 Å². The summed E-state index contributed by atoms with van der Waals surface area (Å²) in [5, 5.41) is 29.8. The summed E-state index contributed by atoms with van der Waals surface area (Å²) in [6.45, 7) is 12.8. The summed E-state index contributed by atoms with van der Waals surface area (Å²) in [7, 11) is 0. The van der Waals surface area contributed by atoms with Gasteiger partial charge in [0.25, 0.3) is 5.91 Å². The lowest BCUT2D eigenvalue weighted by molar-refractivity contribution is -0.141. The zero-order valence-electron chi connectivity index (χ0n) is 42.6. The van der Waals surface area contributed by atoms with Crippen molar-refractivity contribution >= 4 is 63.7 Å². The third kappa shape index (κ3) is 11.6. The van der Waals surface area contributed by atoms with Crippen molar-refractivity contribution in [3.63, 3.8) is 0 Å². The second-order valence-electron chi connectivity index (χ2n) is 20.0. The number of pyridine rings is 1. The van der Waals surface area contributed by atoms with Crippen LogP contribution in [0.4, 0.5) is 28.9 Å². The molecule has 0 spiro atoms. The average Bonchev–Trinajstić information content (AvgIpc) is 4.19. The number of halogens is 4. The van der Waals surface area contributed by atoms with Gasteiger partial charge in [-0.05, 0) is 113 Å². The number of rotatable bonds is 14. The number of hydrogen-bond acceptors (Lipinski definition) is 13. The van der Waals surface area contributed by atoms with Crippen molar-refractivity contribution in [3.05, 3.63) is 112 Å². The number of anilines is 2. The Bertz CT molecular complexity index is 3120. The van der Waals surface area contributed by atoms with Gasteiger partial charge in [0.05, 0.1) is 69.5 Å². The zero-order chi connectivity index (χ0) is 54.8. The van der Waals surface area contributed by atoms with Gasteiger partial charge in [0, 0.05) is 38.0 Å². The van der Waals surface area contributed by atoms with E-state index in [0.717, 1.165) is 54.2 Å². The Balaban J connectivity index is 0.862. The number of carbonyl (C=O) groups excluding carboxylic acids is 4. The molecule has 3 N–H and O–H groups in total. The number of β-amino-alcohol motifs (C(OH)–C–C–N with tert-alkyl or cyclic N) is 1. The highest BCUT2D eigenvalue weighted by molar-refractivity contribution is 7.81. The monoisotopic (exact) mass is 1080 g/mol. The van der Waals surface area contributed by atoms with Crippen LogP contribution in [-0.4, -0.2) is 109 Å². The summed E-state index contributed by atoms with van der Waals surface area (Å²) in [5.41, 5.74) is 0.795. The number of carbonyl (C=O) groups is 4. The number of nitrogens with one attached hydrogen (secondary N) is 2. The number of thiazole rings is 1. The number of benzene rings is 2. The van der Waals surface area contributed by atoms with E-state index in [2.05, 4.69) is 42.5 Å². The van der Waals surface area contributed by atoms with Crippen molar-refractivity contribution in [1.29, 1.82) is 5.26 Å². The summed E-state index contributed by atoms with van der Waals surface area (Å²) in [6, 6.07) is 13.9. The fraction of sp³-hybridized carbons (Fsp3) is 0.426. The summed E-state index contributed by atoms with van der Waals surface area (Å²) < 4.78 is 62.4. The molecule has 22 heteroatoms. The molecule has 0 aliphatic carbocycles. The minimum atomic E-state index is -5.20. The van der Waals surface area contributed by atoms with E-state index in [-0.39, 0.29) is 48.1 Å². The molecule has 2 aromatic carbocycles. The predicted molar refractivity (Wildman–Crippen MR) is 279 cm³/mol. The Labute approximate surface area is 446 Å². The first kappa shape index (κ1) is 55.1. The molecule has 4 amide bonds. The molecule has 3 saturated heterocycles. The van der Waals surface area contributed by atoms with Crippen molar-refractivity contribution in [1.82, 2.24) is 35.6 Å². The fourth-order valence-corrected chi connectivity index (χ4v) is 11.3. The van der Waals surface area contributed by atoms with E-state index in [1.165, 1.54) is 47.3 Å². The number of nitrogens with zero attached hydrogens (tertiary/aromatic N) is 8. The Kier molecular flexibility index (Phi) is 16.4. The van der Waals surface area contributed by atoms with E-state index >= 15 is 4.39 Å². The summed E-state index contributed by atoms with van der Waals surface area (Å²) >= 11 is 7.06. The van der Waals surface area contributed by atoms with Crippen molar-refractivity contribution < 1.29 is 46.4 Å². The van der Waals surface area contributed by atoms with Gasteiger partial charge >= 0.3 is 6.18 Å². The number of alkyl halides is 3. The Morgan fingerprint density at radius 1 is 1.05 bits per heavy atom. The largest absolute Gasteiger partial charge is 0.420 e. The second-order valence-corrected chi connectivity index (χ2v) is 21.2. The fourth-order valence-electron chi connectivity index (χ4n) is 9.94. The van der Waals surface area contributed by atoms with E-state index in [1.54, 1.807) is 30.6 Å². The molecule has 4 atom stereocenters. The quantitative estimate of drug-likeness (QED) is 0.0559. The first-order chi connectivity index (χ1) is 36.1. The minimum Gasteiger partial charge on any atom is -0.391 e. The van der Waals surface area contributed by atoms with Gasteiger partial charge in [-0.25, -0.2) is 14.4 Å². The minimum absolute atomic E-state index is 0.0288. The lowest BCUT2D eigenvalue weighted by atomic mass is 9.91. The lowest BCUT2D eigenvalue weighted by Gasteiger charge is -2.30. The van der Waals surface area contributed by atoms with Crippen LogP contribution in [0.2, 0.25) is 0 Å². The molecule has 3 fully saturated rings. The van der Waals surface area contributed by atoms with Crippen LogP contribution in [0.15, 0.2) is 70.8 Å². The molecule has 8 rings (SSSR count). The van der Waals surface area contributed by atoms with Gasteiger partial charge in [0.1, 0.15) is 34.5 Å². The number of hydrogen-bond donors (Lipinski definition) is 3. The molecule has 6 heterocycles. The first-order valence-electron chi connectivity index (χ1n) is 24.7. The van der Waals surface area contributed by atoms with Crippen LogP contribution in [0.25, 0.3) is 10.4 Å². The third-order valence-electron chi connectivity index (χ3n) is 14.0. The smallest absolute Gasteiger partial charge is 0.391 e. The van der Waals surface area contributed by atoms with Crippen LogP contribution in [0.1, 0.15) is 105 Å². The summed E-state index contributed by atoms with van der Waals surface area (Å²) in [4.78, 5) is 71.2. The van der Waals surface area contributed by atoms with E-state index < -0.39 is 70.3 Å². The Morgan fingerprint density at radius 3 is 2.38 bits per heavy atom. The number of piperidine rings is 1. The molecular formula is C54H56F4N10O6S2. The normalized spacial score (nSPS) is 18.9. The van der Waals surface area contributed by atoms with Gasteiger partial charge in [0.2, 0.25) is 17.7 Å². The summed E-state index contributed by atoms with van der Waals surface area (Å²) in [6.07, 6.45) is -3.24. The van der Waals surface area contributed by atoms with Gasteiger partial charge in [-0.3, -0.25) is 24.1 Å². The molecule has 0 radical (unpaired) electrons. The highest BCUT2D eigenvalue weighted by atomic mass is 32.1. The topological polar surface area (TPSA) is 201 Å². The molecule has 76 heavy (non-hydrogen) atoms. The van der Waals surface area contributed by atoms with E-state index in [4.69, 9.17) is 16.7 Å². The molecule has 1 unspecified atom stereocenters. The van der Waals surface area contributed by atoms with Gasteiger partial charge in [-0.1, -0.05) is 49.2 Å². The van der Waals surface area contributed by atoms with Gasteiger partial charge in [-0.15, -0.1) is 11.3 Å². The molecule has 3 aliphatic rings. The van der Waals surface area contributed by atoms with Crippen molar-refractivity contribution in [3.8, 4) is 28.4 Å². The van der Waals surface area contributed by atoms with Gasteiger partial charge in [-0.2, -0.15) is 18.4 Å². The van der Waals surface area contributed by atoms with Crippen LogP contribution in [0.3, 0.4) is 0 Å². The zero-order valence-corrected chi connectivity index (χ0v) is 44.2. The second kappa shape index (κ2) is 22.6. The Morgan fingerprint density at radius 2 is 1.78 bits per heavy atom. The molecular weight excluding hydrogens is 1020 g/mol. The Hall–Kier alpha value is -7.11. The number of thiocarbonyl (C=S) groups is 1. The number of aromatic nitrogens is 3. The number of amides is 4. The molecule has 398 valence electrons. The maximum absolute atomic E-state index is 15.5. The number of aliphatic hydroxyl groups is 1. The van der Waals surface area contributed by atoms with E-state index in [1.807, 2.05) is 45.0 Å². The SMILES string of the molecule is Cc1cc(C(C(=O)N2C[C@H](O)C[C@H]2C(=O)N[C@@H](CC(=O)NCCN2CCC(C#Cc3ccc(N4C(=S)N(c5ccc(C#N)c(C(F)(F)F)c5F)C(=O)C4(C)C)cn3)CC2)c2ccc(-c3scnc3C)cc2)C(C)C)on1. The number of nitriles is 1. The highest BCUT2D eigenvalue weighted by Gasteiger charge is 2.52. The van der Waals surface area contributed by atoms with Gasteiger partial charge < -0.3 is 35.0 Å². The lowest BCUT2D eigenvalue weighted by Crippen LogP contribution is -2.49. The molecule has 3 aromatic heterocycles. The first-order valence-corrected chi connectivity index (χ1v) is 26.0. The standard InChI is InChI=1S/C54H56F4N10O6S2/c1-30(2)45(43-23-31(3)64-74-43)50(72)66-28-39(69)24-42(66)49(71)63-40(34-8-10-35(11-9-34)48-32(4)62-29-76-48)25-44(70)60-19-22-65-20-17-33(18-21-65)7-13-37-14-15-38(27-61-37)68-52(75)67(51(73)53(68,5)6)41-16-12-36(26-59)46(47(41)55)54(56,57)58/h8-12,14-16,23,27,29-30,33,39-40,42,45,69H,17-22,24-25,28H2,1-6H3,(H,60,70)(H,63,71)/t39-,40+,42+,45?/m1/s1. The maximum Gasteiger partial charge on any atom is 0.420 e. The van der Waals surface area contributed by atoms with Crippen LogP contribution in [0, 0.1) is 54.7 Å². The molecule has 16 nitrogen and oxygen atoms in total. The third-order valence-corrected chi connectivity index (χ3v) is 15.3. The van der Waals surface area contributed by atoms with Crippen LogP contribution >= 0.6 is 23.6 Å². The van der Waals surface area contributed by atoms with Crippen LogP contribution in [0.5, 0.6) is 0 Å². The number of likely N-dealkylation sites (tertiary alicyclic amines) is 2. The summed E-state index contributed by atoms with van der Waals surface area (Å²) in [5.74, 6) is 2.22. The number of aryl methyl sites for hydroxylation is 2. The molecule has 5 aromatic rings. The van der Waals surface area contributed by atoms with E-state index in [0.29, 0.717) is 46.4 Å². The van der Waals surface area contributed by atoms with Crippen LogP contribution in [-0.2, 0) is 25.4 Å². The van der Waals surface area contributed by atoms with Crippen molar-refractivity contribution in [2.24, 2.45) is 11.8 Å².